The Morgan fingerprint density at radius 1 is 1.35 bits per heavy atom. The molecule has 0 heterocycles. The lowest BCUT2D eigenvalue weighted by atomic mass is 9.80. The zero-order valence-corrected chi connectivity index (χ0v) is 9.93. The summed E-state index contributed by atoms with van der Waals surface area (Å²) >= 11 is 0. The largest absolute Gasteiger partial charge is 0.488 e. The van der Waals surface area contributed by atoms with Gasteiger partial charge in [-0.15, -0.1) is 0 Å². The first-order valence-electron chi connectivity index (χ1n) is 5.78. The summed E-state index contributed by atoms with van der Waals surface area (Å²) in [6, 6.07) is 6.15. The molecule has 0 atom stereocenters. The lowest BCUT2D eigenvalue weighted by molar-refractivity contribution is 0.0498. The number of ether oxygens (including phenoxy) is 1. The molecule has 0 saturated carbocycles. The first kappa shape index (κ1) is 13.7. The van der Waals surface area contributed by atoms with E-state index < -0.39 is 13.1 Å². The molecule has 4 nitrogen and oxygen atoms in total. The van der Waals surface area contributed by atoms with E-state index >= 15 is 0 Å². The summed E-state index contributed by atoms with van der Waals surface area (Å²) in [7, 11) is -1.57. The second-order valence-corrected chi connectivity index (χ2v) is 3.84. The molecule has 0 unspecified atom stereocenters. The van der Waals surface area contributed by atoms with E-state index in [0.717, 1.165) is 19.3 Å². The highest BCUT2D eigenvalue weighted by Crippen LogP contribution is 2.02. The molecular formula is C12H17BO4. The molecule has 0 aliphatic rings. The normalized spacial score (nSPS) is 10.1. The third kappa shape index (κ3) is 4.59. The maximum atomic E-state index is 11.6. The lowest BCUT2D eigenvalue weighted by Gasteiger charge is -2.05. The molecule has 0 aromatic heterocycles. The number of unbranched alkanes of at least 4 members (excludes halogenated alkanes) is 2. The van der Waals surface area contributed by atoms with E-state index in [2.05, 4.69) is 6.92 Å². The van der Waals surface area contributed by atoms with Crippen molar-refractivity contribution in [1.82, 2.24) is 0 Å². The molecule has 0 amide bonds. The van der Waals surface area contributed by atoms with E-state index in [1.165, 1.54) is 6.07 Å². The molecular weight excluding hydrogens is 219 g/mol. The van der Waals surface area contributed by atoms with Crippen LogP contribution in [-0.4, -0.2) is 29.7 Å². The van der Waals surface area contributed by atoms with Crippen molar-refractivity contribution in [3.8, 4) is 0 Å². The molecule has 2 N–H and O–H groups in total. The van der Waals surface area contributed by atoms with Gasteiger partial charge < -0.3 is 14.8 Å². The smallest absolute Gasteiger partial charge is 0.462 e. The minimum Gasteiger partial charge on any atom is -0.462 e. The van der Waals surface area contributed by atoms with Gasteiger partial charge in [0.2, 0.25) is 0 Å². The van der Waals surface area contributed by atoms with E-state index in [1.807, 2.05) is 0 Å². The molecule has 1 aromatic carbocycles. The zero-order chi connectivity index (χ0) is 12.7. The van der Waals surface area contributed by atoms with Crippen LogP contribution in [-0.2, 0) is 4.74 Å². The molecule has 0 bridgehead atoms. The minimum atomic E-state index is -1.57. The molecule has 1 rings (SSSR count). The van der Waals surface area contributed by atoms with Gasteiger partial charge >= 0.3 is 13.1 Å². The van der Waals surface area contributed by atoms with E-state index in [-0.39, 0.29) is 5.46 Å². The predicted molar refractivity (Wildman–Crippen MR) is 66.1 cm³/mol. The second-order valence-electron chi connectivity index (χ2n) is 3.84. The van der Waals surface area contributed by atoms with E-state index in [4.69, 9.17) is 14.8 Å². The zero-order valence-electron chi connectivity index (χ0n) is 9.93. The molecule has 0 fully saturated rings. The Hall–Kier alpha value is -1.33. The van der Waals surface area contributed by atoms with Gasteiger partial charge in [0, 0.05) is 0 Å². The number of esters is 1. The molecule has 0 saturated heterocycles. The Kier molecular flexibility index (Phi) is 5.73. The van der Waals surface area contributed by atoms with Gasteiger partial charge in [-0.25, -0.2) is 4.79 Å². The summed E-state index contributed by atoms with van der Waals surface area (Å²) in [6.07, 6.45) is 2.96. The molecule has 0 aliphatic heterocycles. The van der Waals surface area contributed by atoms with Crippen molar-refractivity contribution in [1.29, 1.82) is 0 Å². The van der Waals surface area contributed by atoms with Crippen LogP contribution in [0.5, 0.6) is 0 Å². The maximum absolute atomic E-state index is 11.6. The van der Waals surface area contributed by atoms with Gasteiger partial charge in [0.15, 0.2) is 0 Å². The van der Waals surface area contributed by atoms with Gasteiger partial charge in [0.1, 0.15) is 0 Å². The highest BCUT2D eigenvalue weighted by Gasteiger charge is 2.14. The first-order chi connectivity index (χ1) is 8.15. The summed E-state index contributed by atoms with van der Waals surface area (Å²) < 4.78 is 5.06. The van der Waals surface area contributed by atoms with Crippen molar-refractivity contribution in [2.75, 3.05) is 6.61 Å². The molecule has 17 heavy (non-hydrogen) atoms. The monoisotopic (exact) mass is 236 g/mol. The quantitative estimate of drug-likeness (QED) is 0.433. The third-order valence-electron chi connectivity index (χ3n) is 2.40. The molecule has 0 aliphatic carbocycles. The first-order valence-corrected chi connectivity index (χ1v) is 5.78. The van der Waals surface area contributed by atoms with Gasteiger partial charge in [-0.05, 0) is 24.0 Å². The Balaban J connectivity index is 2.53. The van der Waals surface area contributed by atoms with Gasteiger partial charge in [-0.2, -0.15) is 0 Å². The summed E-state index contributed by atoms with van der Waals surface area (Å²) in [5, 5.41) is 18.0. The van der Waals surface area contributed by atoms with Crippen LogP contribution in [0.3, 0.4) is 0 Å². The van der Waals surface area contributed by atoms with Crippen LogP contribution < -0.4 is 5.46 Å². The highest BCUT2D eigenvalue weighted by atomic mass is 16.5. The van der Waals surface area contributed by atoms with Gasteiger partial charge in [0.05, 0.1) is 12.2 Å². The summed E-state index contributed by atoms with van der Waals surface area (Å²) in [5.74, 6) is -0.427. The van der Waals surface area contributed by atoms with Crippen LogP contribution in [0, 0.1) is 0 Å². The summed E-state index contributed by atoms with van der Waals surface area (Å²) in [6.45, 7) is 2.48. The van der Waals surface area contributed by atoms with Crippen molar-refractivity contribution >= 4 is 18.6 Å². The van der Waals surface area contributed by atoms with Crippen molar-refractivity contribution in [3.05, 3.63) is 29.8 Å². The summed E-state index contributed by atoms with van der Waals surface area (Å²) in [5.41, 5.74) is 0.625. The standard InChI is InChI=1S/C12H17BO4/c1-2-3-4-8-17-12(14)10-6-5-7-11(9-10)13(15)16/h5-7,9,15-16H,2-4,8H2,1H3. The van der Waals surface area contributed by atoms with Crippen LogP contribution in [0.15, 0.2) is 24.3 Å². The van der Waals surface area contributed by atoms with Gasteiger partial charge in [-0.1, -0.05) is 31.9 Å². The second kappa shape index (κ2) is 7.09. The van der Waals surface area contributed by atoms with Gasteiger partial charge in [-0.3, -0.25) is 0 Å². The predicted octanol–water partition coefficient (Wildman–Crippen LogP) is 0.713. The topological polar surface area (TPSA) is 66.8 Å². The third-order valence-corrected chi connectivity index (χ3v) is 2.40. The molecule has 5 heteroatoms. The van der Waals surface area contributed by atoms with Crippen molar-refractivity contribution in [2.45, 2.75) is 26.2 Å². The van der Waals surface area contributed by atoms with Crippen LogP contribution in [0.25, 0.3) is 0 Å². The van der Waals surface area contributed by atoms with E-state index in [9.17, 15) is 4.79 Å². The number of hydrogen-bond acceptors (Lipinski definition) is 4. The molecule has 1 aromatic rings. The lowest BCUT2D eigenvalue weighted by Crippen LogP contribution is -2.30. The maximum Gasteiger partial charge on any atom is 0.488 e. The van der Waals surface area contributed by atoms with Crippen molar-refractivity contribution in [3.63, 3.8) is 0 Å². The Labute approximate surface area is 101 Å². The number of rotatable bonds is 6. The highest BCUT2D eigenvalue weighted by molar-refractivity contribution is 6.58. The number of carbonyl (C=O) groups excluding carboxylic acids is 1. The van der Waals surface area contributed by atoms with Crippen molar-refractivity contribution < 1.29 is 19.6 Å². The summed E-state index contributed by atoms with van der Waals surface area (Å²) in [4.78, 5) is 11.6. The number of benzene rings is 1. The Morgan fingerprint density at radius 3 is 2.76 bits per heavy atom. The fourth-order valence-corrected chi connectivity index (χ4v) is 1.43. The fourth-order valence-electron chi connectivity index (χ4n) is 1.43. The van der Waals surface area contributed by atoms with Crippen molar-refractivity contribution in [2.24, 2.45) is 0 Å². The molecule has 0 radical (unpaired) electrons. The minimum absolute atomic E-state index is 0.285. The fraction of sp³-hybridized carbons (Fsp3) is 0.417. The molecule has 0 spiro atoms. The van der Waals surface area contributed by atoms with E-state index in [0.29, 0.717) is 12.2 Å². The van der Waals surface area contributed by atoms with Crippen LogP contribution in [0.4, 0.5) is 0 Å². The van der Waals surface area contributed by atoms with Gasteiger partial charge in [0.25, 0.3) is 0 Å². The Bertz CT molecular complexity index is 365. The average molecular weight is 236 g/mol. The average Bonchev–Trinajstić information content (AvgIpc) is 2.34. The number of hydrogen-bond donors (Lipinski definition) is 2. The van der Waals surface area contributed by atoms with E-state index in [1.54, 1.807) is 18.2 Å². The number of carbonyl (C=O) groups is 1. The SMILES string of the molecule is CCCCCOC(=O)c1cccc(B(O)O)c1. The Morgan fingerprint density at radius 2 is 2.12 bits per heavy atom. The van der Waals surface area contributed by atoms with Crippen LogP contribution in [0.2, 0.25) is 0 Å². The van der Waals surface area contributed by atoms with Crippen LogP contribution in [0.1, 0.15) is 36.5 Å². The van der Waals surface area contributed by atoms with Crippen LogP contribution >= 0.6 is 0 Å². The molecule has 92 valence electrons.